The lowest BCUT2D eigenvalue weighted by molar-refractivity contribution is 0.0277. The molecule has 2 N–H and O–H groups in total. The lowest BCUT2D eigenvalue weighted by atomic mass is 10.2. The van der Waals surface area contributed by atoms with Gasteiger partial charge in [0.25, 0.3) is 0 Å². The molecule has 0 saturated carbocycles. The molecule has 1 aromatic rings. The molecule has 0 radical (unpaired) electrons. The molecule has 0 heterocycles. The molecule has 108 valence electrons. The van der Waals surface area contributed by atoms with Gasteiger partial charge in [-0.05, 0) is 31.0 Å². The predicted molar refractivity (Wildman–Crippen MR) is 79.5 cm³/mol. The summed E-state index contributed by atoms with van der Waals surface area (Å²) in [7, 11) is 0. The average molecular weight is 286 g/mol. The van der Waals surface area contributed by atoms with Crippen LogP contribution in [0, 0.1) is 0 Å². The Balaban J connectivity index is 2.13. The van der Waals surface area contributed by atoms with Crippen molar-refractivity contribution in [3.05, 3.63) is 34.9 Å². The molecule has 19 heavy (non-hydrogen) atoms. The van der Waals surface area contributed by atoms with E-state index in [9.17, 15) is 5.11 Å². The molecule has 0 aliphatic carbocycles. The van der Waals surface area contributed by atoms with Crippen molar-refractivity contribution in [3.8, 4) is 0 Å². The molecule has 0 aliphatic heterocycles. The molecular formula is C15H24ClNO2. The number of aliphatic hydroxyl groups is 1. The first-order chi connectivity index (χ1) is 9.11. The van der Waals surface area contributed by atoms with E-state index in [1.54, 1.807) is 0 Å². The number of rotatable bonds is 9. The summed E-state index contributed by atoms with van der Waals surface area (Å²) in [6, 6.07) is 7.97. The van der Waals surface area contributed by atoms with Crippen molar-refractivity contribution in [2.45, 2.75) is 45.4 Å². The zero-order valence-corrected chi connectivity index (χ0v) is 12.5. The second-order valence-electron chi connectivity index (χ2n) is 4.89. The number of ether oxygens (including phenoxy) is 1. The van der Waals surface area contributed by atoms with Crippen LogP contribution in [0.2, 0.25) is 5.02 Å². The monoisotopic (exact) mass is 285 g/mol. The Kier molecular flexibility index (Phi) is 8.07. The molecule has 1 aromatic carbocycles. The van der Waals surface area contributed by atoms with Crippen LogP contribution in [0.3, 0.4) is 0 Å². The van der Waals surface area contributed by atoms with Gasteiger partial charge in [0.1, 0.15) is 0 Å². The molecule has 0 saturated heterocycles. The fraction of sp³-hybridized carbons (Fsp3) is 0.600. The van der Waals surface area contributed by atoms with Crippen molar-refractivity contribution in [1.82, 2.24) is 5.32 Å². The van der Waals surface area contributed by atoms with Gasteiger partial charge in [-0.2, -0.15) is 0 Å². The Hall–Kier alpha value is -0.610. The zero-order valence-electron chi connectivity index (χ0n) is 11.7. The van der Waals surface area contributed by atoms with E-state index in [0.29, 0.717) is 25.8 Å². The third-order valence-electron chi connectivity index (χ3n) is 2.92. The molecule has 0 aliphatic rings. The Morgan fingerprint density at radius 2 is 2.00 bits per heavy atom. The van der Waals surface area contributed by atoms with Gasteiger partial charge in [0.15, 0.2) is 0 Å². The molecule has 2 unspecified atom stereocenters. The van der Waals surface area contributed by atoms with E-state index < -0.39 is 6.10 Å². The van der Waals surface area contributed by atoms with E-state index in [4.69, 9.17) is 16.3 Å². The fourth-order valence-electron chi connectivity index (χ4n) is 1.82. The normalized spacial score (nSPS) is 14.3. The molecule has 2 atom stereocenters. The molecule has 0 fully saturated rings. The van der Waals surface area contributed by atoms with Crippen molar-refractivity contribution in [1.29, 1.82) is 0 Å². The number of benzene rings is 1. The highest BCUT2D eigenvalue weighted by molar-refractivity contribution is 6.30. The second kappa shape index (κ2) is 9.32. The third kappa shape index (κ3) is 7.53. The Morgan fingerprint density at radius 3 is 2.63 bits per heavy atom. The first-order valence-electron chi connectivity index (χ1n) is 6.85. The molecular weight excluding hydrogens is 262 g/mol. The highest BCUT2D eigenvalue weighted by atomic mass is 35.5. The second-order valence-corrected chi connectivity index (χ2v) is 5.33. The van der Waals surface area contributed by atoms with Crippen LogP contribution in [0.4, 0.5) is 0 Å². The maximum Gasteiger partial charge on any atom is 0.0897 e. The maximum atomic E-state index is 9.78. The molecule has 1 rings (SSSR count). The number of aliphatic hydroxyl groups excluding tert-OH is 1. The lowest BCUT2D eigenvalue weighted by Gasteiger charge is -2.16. The predicted octanol–water partition coefficient (Wildman–Crippen LogP) is 3.00. The van der Waals surface area contributed by atoms with Crippen LogP contribution >= 0.6 is 11.6 Å². The van der Waals surface area contributed by atoms with Gasteiger partial charge in [-0.25, -0.2) is 0 Å². The maximum absolute atomic E-state index is 9.78. The van der Waals surface area contributed by atoms with E-state index in [2.05, 4.69) is 19.2 Å². The van der Waals surface area contributed by atoms with Gasteiger partial charge < -0.3 is 15.2 Å². The smallest absolute Gasteiger partial charge is 0.0897 e. The van der Waals surface area contributed by atoms with Crippen LogP contribution in [0.15, 0.2) is 24.3 Å². The zero-order chi connectivity index (χ0) is 14.1. The number of halogens is 1. The third-order valence-corrected chi connectivity index (χ3v) is 3.17. The van der Waals surface area contributed by atoms with Crippen LogP contribution in [0.5, 0.6) is 0 Å². The first-order valence-corrected chi connectivity index (χ1v) is 7.23. The summed E-state index contributed by atoms with van der Waals surface area (Å²) < 4.78 is 5.48. The highest BCUT2D eigenvalue weighted by Gasteiger charge is 2.06. The first kappa shape index (κ1) is 16.4. The van der Waals surface area contributed by atoms with Crippen LogP contribution < -0.4 is 5.32 Å². The summed E-state index contributed by atoms with van der Waals surface area (Å²) in [4.78, 5) is 0. The minimum absolute atomic E-state index is 0.342. The van der Waals surface area contributed by atoms with E-state index in [-0.39, 0.29) is 0 Å². The SMILES string of the molecule is CCCC(C)NCC(O)COCc1ccc(Cl)cc1. The Bertz CT molecular complexity index is 343. The van der Waals surface area contributed by atoms with Crippen molar-refractivity contribution >= 4 is 11.6 Å². The summed E-state index contributed by atoms with van der Waals surface area (Å²) >= 11 is 5.80. The largest absolute Gasteiger partial charge is 0.389 e. The quantitative estimate of drug-likeness (QED) is 0.733. The van der Waals surface area contributed by atoms with Gasteiger partial charge in [0, 0.05) is 17.6 Å². The summed E-state index contributed by atoms with van der Waals surface area (Å²) in [5.74, 6) is 0. The minimum Gasteiger partial charge on any atom is -0.389 e. The summed E-state index contributed by atoms with van der Waals surface area (Å²) in [6.07, 6.45) is 1.81. The topological polar surface area (TPSA) is 41.5 Å². The molecule has 3 nitrogen and oxygen atoms in total. The fourth-order valence-corrected chi connectivity index (χ4v) is 1.95. The summed E-state index contributed by atoms with van der Waals surface area (Å²) in [5.41, 5.74) is 1.06. The van der Waals surface area contributed by atoms with Crippen molar-refractivity contribution < 1.29 is 9.84 Å². The standard InChI is InChI=1S/C15H24ClNO2/c1-3-4-12(2)17-9-15(18)11-19-10-13-5-7-14(16)8-6-13/h5-8,12,15,17-18H,3-4,9-11H2,1-2H3. The van der Waals surface area contributed by atoms with Gasteiger partial charge in [0.05, 0.1) is 19.3 Å². The van der Waals surface area contributed by atoms with E-state index in [1.807, 2.05) is 24.3 Å². The molecule has 0 aromatic heterocycles. The van der Waals surface area contributed by atoms with Crippen molar-refractivity contribution in [2.24, 2.45) is 0 Å². The lowest BCUT2D eigenvalue weighted by Crippen LogP contribution is -2.35. The van der Waals surface area contributed by atoms with Gasteiger partial charge >= 0.3 is 0 Å². The van der Waals surface area contributed by atoms with Crippen molar-refractivity contribution in [2.75, 3.05) is 13.2 Å². The summed E-state index contributed by atoms with van der Waals surface area (Å²) in [6.45, 7) is 5.70. The number of nitrogens with one attached hydrogen (secondary N) is 1. The van der Waals surface area contributed by atoms with Crippen LogP contribution in [-0.2, 0) is 11.3 Å². The van der Waals surface area contributed by atoms with Gasteiger partial charge in [0.2, 0.25) is 0 Å². The number of hydrogen-bond acceptors (Lipinski definition) is 3. The van der Waals surface area contributed by atoms with Gasteiger partial charge in [-0.3, -0.25) is 0 Å². The molecule has 0 bridgehead atoms. The molecule has 0 spiro atoms. The van der Waals surface area contributed by atoms with E-state index in [1.165, 1.54) is 0 Å². The van der Waals surface area contributed by atoms with Crippen molar-refractivity contribution in [3.63, 3.8) is 0 Å². The van der Waals surface area contributed by atoms with Crippen LogP contribution in [0.25, 0.3) is 0 Å². The molecule has 4 heteroatoms. The Morgan fingerprint density at radius 1 is 1.32 bits per heavy atom. The average Bonchev–Trinajstić information content (AvgIpc) is 2.39. The number of hydrogen-bond donors (Lipinski definition) is 2. The minimum atomic E-state index is -0.466. The Labute approximate surface area is 120 Å². The van der Waals surface area contributed by atoms with Crippen LogP contribution in [-0.4, -0.2) is 30.4 Å². The van der Waals surface area contributed by atoms with Crippen LogP contribution in [0.1, 0.15) is 32.3 Å². The van der Waals surface area contributed by atoms with E-state index in [0.717, 1.165) is 23.4 Å². The van der Waals surface area contributed by atoms with Gasteiger partial charge in [-0.1, -0.05) is 37.1 Å². The van der Waals surface area contributed by atoms with Gasteiger partial charge in [-0.15, -0.1) is 0 Å². The highest BCUT2D eigenvalue weighted by Crippen LogP contribution is 2.10. The van der Waals surface area contributed by atoms with E-state index >= 15 is 0 Å². The molecule has 0 amide bonds. The summed E-state index contributed by atoms with van der Waals surface area (Å²) in [5, 5.41) is 13.8.